The number of carbonyl (C=O) groups excluding carboxylic acids is 1. The molecule has 128 valence electrons. The van der Waals surface area contributed by atoms with Gasteiger partial charge in [-0.2, -0.15) is 0 Å². The molecule has 0 fully saturated rings. The lowest BCUT2D eigenvalue weighted by atomic mass is 10.0. The van der Waals surface area contributed by atoms with E-state index >= 15 is 0 Å². The highest BCUT2D eigenvalue weighted by atomic mass is 32.2. The maximum Gasteiger partial charge on any atom is 0.326 e. The van der Waals surface area contributed by atoms with Gasteiger partial charge < -0.3 is 10.4 Å². The molecule has 0 spiro atoms. The zero-order chi connectivity index (χ0) is 17.6. The number of aryl methyl sites for hydroxylation is 1. The van der Waals surface area contributed by atoms with Crippen LogP contribution in [0.15, 0.2) is 29.2 Å². The fourth-order valence-corrected chi connectivity index (χ4v) is 2.93. The van der Waals surface area contributed by atoms with E-state index in [0.29, 0.717) is 6.42 Å². The molecular formula is C16H23NO5S. The number of carbonyl (C=O) groups is 2. The standard InChI is InChI=1S/C16H23NO5S/c1-4-23(21,22)13-8-5-12(6-9-13)7-10-14(18)17-15(11(2)3)16(19)20/h5-6,8-9,11,15H,4,7,10H2,1-3H3,(H,17,18)(H,19,20)/t15-/m0/s1. The summed E-state index contributed by atoms with van der Waals surface area (Å²) < 4.78 is 23.4. The molecule has 2 N–H and O–H groups in total. The minimum atomic E-state index is -3.23. The Kier molecular flexibility index (Phi) is 6.75. The molecule has 1 atom stereocenters. The predicted molar refractivity (Wildman–Crippen MR) is 86.9 cm³/mol. The molecule has 1 aromatic rings. The number of sulfone groups is 1. The Bertz CT molecular complexity index is 650. The second kappa shape index (κ2) is 8.10. The van der Waals surface area contributed by atoms with Gasteiger partial charge in [-0.1, -0.05) is 32.9 Å². The lowest BCUT2D eigenvalue weighted by Gasteiger charge is -2.17. The normalized spacial score (nSPS) is 12.9. The van der Waals surface area contributed by atoms with Crippen molar-refractivity contribution < 1.29 is 23.1 Å². The highest BCUT2D eigenvalue weighted by Crippen LogP contribution is 2.13. The number of hydrogen-bond donors (Lipinski definition) is 2. The van der Waals surface area contributed by atoms with Crippen LogP contribution in [0.2, 0.25) is 0 Å². The lowest BCUT2D eigenvalue weighted by Crippen LogP contribution is -2.44. The first-order valence-electron chi connectivity index (χ1n) is 7.51. The van der Waals surface area contributed by atoms with Gasteiger partial charge in [0.15, 0.2) is 9.84 Å². The van der Waals surface area contributed by atoms with Gasteiger partial charge >= 0.3 is 5.97 Å². The van der Waals surface area contributed by atoms with Crippen molar-refractivity contribution in [2.45, 2.75) is 44.6 Å². The molecule has 1 rings (SSSR count). The number of carboxylic acids is 1. The molecule has 1 amide bonds. The smallest absolute Gasteiger partial charge is 0.326 e. The van der Waals surface area contributed by atoms with E-state index in [1.165, 1.54) is 12.1 Å². The zero-order valence-corrected chi connectivity index (χ0v) is 14.4. The SMILES string of the molecule is CCS(=O)(=O)c1ccc(CCC(=O)N[C@H](C(=O)O)C(C)C)cc1. The molecule has 23 heavy (non-hydrogen) atoms. The van der Waals surface area contributed by atoms with Crippen molar-refractivity contribution in [2.24, 2.45) is 5.92 Å². The van der Waals surface area contributed by atoms with Crippen LogP contribution in [-0.2, 0) is 25.8 Å². The molecule has 7 heteroatoms. The van der Waals surface area contributed by atoms with E-state index in [9.17, 15) is 18.0 Å². The zero-order valence-electron chi connectivity index (χ0n) is 13.6. The molecule has 0 aliphatic heterocycles. The van der Waals surface area contributed by atoms with E-state index in [1.807, 2.05) is 0 Å². The molecule has 0 unspecified atom stereocenters. The fraction of sp³-hybridized carbons (Fsp3) is 0.500. The Balaban J connectivity index is 2.62. The molecule has 6 nitrogen and oxygen atoms in total. The van der Waals surface area contributed by atoms with Crippen LogP contribution in [0.1, 0.15) is 32.8 Å². The molecule has 0 radical (unpaired) electrons. The summed E-state index contributed by atoms with van der Waals surface area (Å²) in [5, 5.41) is 11.5. The minimum Gasteiger partial charge on any atom is -0.480 e. The van der Waals surface area contributed by atoms with E-state index in [2.05, 4.69) is 5.32 Å². The molecule has 0 aliphatic carbocycles. The van der Waals surface area contributed by atoms with E-state index in [0.717, 1.165) is 5.56 Å². The van der Waals surface area contributed by atoms with E-state index in [-0.39, 0.29) is 28.9 Å². The van der Waals surface area contributed by atoms with Gasteiger partial charge in [0.2, 0.25) is 5.91 Å². The van der Waals surface area contributed by atoms with Crippen LogP contribution in [0.25, 0.3) is 0 Å². The summed E-state index contributed by atoms with van der Waals surface area (Å²) in [4.78, 5) is 23.1. The molecule has 0 saturated heterocycles. The Morgan fingerprint density at radius 2 is 1.74 bits per heavy atom. The summed E-state index contributed by atoms with van der Waals surface area (Å²) in [7, 11) is -3.23. The maximum absolute atomic E-state index is 11.8. The number of aliphatic carboxylic acids is 1. The van der Waals surface area contributed by atoms with Crippen LogP contribution >= 0.6 is 0 Å². The third-order valence-electron chi connectivity index (χ3n) is 3.55. The van der Waals surface area contributed by atoms with Gasteiger partial charge in [0.05, 0.1) is 10.6 Å². The van der Waals surface area contributed by atoms with Crippen LogP contribution in [0.4, 0.5) is 0 Å². The highest BCUT2D eigenvalue weighted by Gasteiger charge is 2.23. The molecular weight excluding hydrogens is 318 g/mol. The number of rotatable bonds is 8. The van der Waals surface area contributed by atoms with E-state index in [1.54, 1.807) is 32.9 Å². The van der Waals surface area contributed by atoms with Crippen LogP contribution in [0.5, 0.6) is 0 Å². The highest BCUT2D eigenvalue weighted by molar-refractivity contribution is 7.91. The number of amides is 1. The van der Waals surface area contributed by atoms with Crippen molar-refractivity contribution in [1.29, 1.82) is 0 Å². The van der Waals surface area contributed by atoms with Crippen molar-refractivity contribution in [3.05, 3.63) is 29.8 Å². The summed E-state index contributed by atoms with van der Waals surface area (Å²) >= 11 is 0. The average Bonchev–Trinajstić information content (AvgIpc) is 2.50. The van der Waals surface area contributed by atoms with E-state index in [4.69, 9.17) is 5.11 Å². The number of nitrogens with one attached hydrogen (secondary N) is 1. The van der Waals surface area contributed by atoms with Crippen molar-refractivity contribution in [2.75, 3.05) is 5.75 Å². The van der Waals surface area contributed by atoms with Crippen LogP contribution < -0.4 is 5.32 Å². The van der Waals surface area contributed by atoms with Crippen molar-refractivity contribution in [1.82, 2.24) is 5.32 Å². The second-order valence-electron chi connectivity index (χ2n) is 5.67. The van der Waals surface area contributed by atoms with Crippen LogP contribution in [0, 0.1) is 5.92 Å². The van der Waals surface area contributed by atoms with Crippen molar-refractivity contribution in [3.8, 4) is 0 Å². The average molecular weight is 341 g/mol. The monoisotopic (exact) mass is 341 g/mol. The van der Waals surface area contributed by atoms with Crippen molar-refractivity contribution >= 4 is 21.7 Å². The third kappa shape index (κ3) is 5.67. The van der Waals surface area contributed by atoms with E-state index < -0.39 is 21.8 Å². The summed E-state index contributed by atoms with van der Waals surface area (Å²) in [6.07, 6.45) is 0.569. The number of carboxylic acid groups (broad SMARTS) is 1. The predicted octanol–water partition coefficient (Wildman–Crippen LogP) is 1.64. The largest absolute Gasteiger partial charge is 0.480 e. The molecule has 0 aromatic heterocycles. The topological polar surface area (TPSA) is 101 Å². The molecule has 1 aromatic carbocycles. The first-order valence-corrected chi connectivity index (χ1v) is 9.16. The summed E-state index contributed by atoms with van der Waals surface area (Å²) in [6.45, 7) is 5.04. The molecule has 0 saturated carbocycles. The number of hydrogen-bond acceptors (Lipinski definition) is 4. The Labute approximate surface area is 136 Å². The first-order chi connectivity index (χ1) is 10.7. The summed E-state index contributed by atoms with van der Waals surface area (Å²) in [6, 6.07) is 5.50. The second-order valence-corrected chi connectivity index (χ2v) is 7.95. The van der Waals surface area contributed by atoms with Crippen molar-refractivity contribution in [3.63, 3.8) is 0 Å². The van der Waals surface area contributed by atoms with Gasteiger partial charge in [0, 0.05) is 6.42 Å². The van der Waals surface area contributed by atoms with Crippen LogP contribution in [-0.4, -0.2) is 37.2 Å². The van der Waals surface area contributed by atoms with Crippen LogP contribution in [0.3, 0.4) is 0 Å². The summed E-state index contributed by atoms with van der Waals surface area (Å²) in [5.74, 6) is -1.55. The first kappa shape index (κ1) is 19.2. The Hall–Kier alpha value is -1.89. The van der Waals surface area contributed by atoms with Gasteiger partial charge in [-0.25, -0.2) is 13.2 Å². The molecule has 0 aliphatic rings. The Morgan fingerprint density at radius 1 is 1.17 bits per heavy atom. The maximum atomic E-state index is 11.8. The Morgan fingerprint density at radius 3 is 2.17 bits per heavy atom. The molecule has 0 bridgehead atoms. The number of benzene rings is 1. The summed E-state index contributed by atoms with van der Waals surface area (Å²) in [5.41, 5.74) is 0.826. The lowest BCUT2D eigenvalue weighted by molar-refractivity contribution is -0.143. The molecule has 0 heterocycles. The van der Waals surface area contributed by atoms with Gasteiger partial charge in [0.25, 0.3) is 0 Å². The van der Waals surface area contributed by atoms with Gasteiger partial charge in [-0.05, 0) is 30.0 Å². The van der Waals surface area contributed by atoms with Gasteiger partial charge in [-0.15, -0.1) is 0 Å². The van der Waals surface area contributed by atoms with Gasteiger partial charge in [0.1, 0.15) is 6.04 Å². The third-order valence-corrected chi connectivity index (χ3v) is 5.30. The fourth-order valence-electron chi connectivity index (χ4n) is 2.05. The minimum absolute atomic E-state index is 0.0422. The quantitative estimate of drug-likeness (QED) is 0.748. The van der Waals surface area contributed by atoms with Gasteiger partial charge in [-0.3, -0.25) is 4.79 Å².